The van der Waals surface area contributed by atoms with Crippen molar-refractivity contribution in [3.63, 3.8) is 0 Å². The van der Waals surface area contributed by atoms with Gasteiger partial charge in [-0.15, -0.1) is 0 Å². The number of carbonyl (C=O) groups is 1. The highest BCUT2D eigenvalue weighted by Crippen LogP contribution is 2.25. The number of nitrogens with one attached hydrogen (secondary N) is 2. The van der Waals surface area contributed by atoms with Crippen LogP contribution in [0, 0.1) is 5.82 Å². The summed E-state index contributed by atoms with van der Waals surface area (Å²) in [5.74, 6) is -0.440. The predicted molar refractivity (Wildman–Crippen MR) is 100 cm³/mol. The summed E-state index contributed by atoms with van der Waals surface area (Å²) in [6.45, 7) is 0.638. The van der Waals surface area contributed by atoms with Crippen molar-refractivity contribution in [2.75, 3.05) is 6.54 Å². The van der Waals surface area contributed by atoms with E-state index in [0.29, 0.717) is 28.4 Å². The van der Waals surface area contributed by atoms with Crippen molar-refractivity contribution in [2.45, 2.75) is 6.42 Å². The number of hydrogen-bond acceptors (Lipinski definition) is 2. The summed E-state index contributed by atoms with van der Waals surface area (Å²) >= 11 is 6.04. The molecule has 26 heavy (non-hydrogen) atoms. The highest BCUT2D eigenvalue weighted by atomic mass is 35.5. The maximum atomic E-state index is 13.9. The predicted octanol–water partition coefficient (Wildman–Crippen LogP) is 4.33. The smallest absolute Gasteiger partial charge is 0.253 e. The topological polar surface area (TPSA) is 57.8 Å². The molecule has 3 aromatic rings. The van der Waals surface area contributed by atoms with E-state index < -0.39 is 0 Å². The minimum Gasteiger partial charge on any atom is -0.358 e. The Balaban J connectivity index is 1.65. The summed E-state index contributed by atoms with van der Waals surface area (Å²) in [7, 11) is 0. The van der Waals surface area contributed by atoms with E-state index in [0.717, 1.165) is 23.4 Å². The number of halogens is 2. The van der Waals surface area contributed by atoms with Gasteiger partial charge in [0.25, 0.3) is 5.91 Å². The number of aromatic nitrogens is 2. The van der Waals surface area contributed by atoms with Crippen LogP contribution in [-0.4, -0.2) is 22.4 Å². The number of nitrogens with zero attached hydrogens (tertiary/aromatic N) is 1. The van der Waals surface area contributed by atoms with Crippen LogP contribution in [0.1, 0.15) is 27.3 Å². The number of pyridine rings is 1. The molecular formula is C20H15ClFN3O. The van der Waals surface area contributed by atoms with Crippen LogP contribution < -0.4 is 5.32 Å². The Morgan fingerprint density at radius 2 is 2.08 bits per heavy atom. The third-order valence-corrected chi connectivity index (χ3v) is 4.65. The van der Waals surface area contributed by atoms with Gasteiger partial charge in [0, 0.05) is 41.7 Å². The van der Waals surface area contributed by atoms with Gasteiger partial charge in [-0.25, -0.2) is 4.39 Å². The van der Waals surface area contributed by atoms with Crippen LogP contribution in [-0.2, 0) is 6.42 Å². The van der Waals surface area contributed by atoms with Gasteiger partial charge in [0.15, 0.2) is 0 Å². The second-order valence-electron chi connectivity index (χ2n) is 6.02. The Bertz CT molecular complexity index is 1010. The third-order valence-electron chi connectivity index (χ3n) is 4.32. The fourth-order valence-corrected chi connectivity index (χ4v) is 3.22. The quantitative estimate of drug-likeness (QED) is 0.724. The zero-order valence-electron chi connectivity index (χ0n) is 13.7. The number of aromatic amines is 1. The van der Waals surface area contributed by atoms with Crippen molar-refractivity contribution in [1.29, 1.82) is 0 Å². The fraction of sp³-hybridized carbons (Fsp3) is 0.100. The maximum absolute atomic E-state index is 13.9. The molecule has 4 nitrogen and oxygen atoms in total. The van der Waals surface area contributed by atoms with Gasteiger partial charge < -0.3 is 10.3 Å². The standard InChI is InChI=1S/C20H15ClFN3O/c21-16-2-1-3-17(22)14(16)5-4-13-10-12(6-8-23-13)19-11-15-18(25-19)7-9-24-20(15)26/h1-6,8,10-11,25H,7,9H2,(H,24,26)/b5-4+. The Morgan fingerprint density at radius 1 is 1.19 bits per heavy atom. The van der Waals surface area contributed by atoms with E-state index in [9.17, 15) is 9.18 Å². The van der Waals surface area contributed by atoms with Gasteiger partial charge in [-0.3, -0.25) is 9.78 Å². The van der Waals surface area contributed by atoms with Gasteiger partial charge in [-0.1, -0.05) is 17.7 Å². The highest BCUT2D eigenvalue weighted by Gasteiger charge is 2.19. The molecule has 6 heteroatoms. The first kappa shape index (κ1) is 16.5. The molecule has 0 unspecified atom stereocenters. The van der Waals surface area contributed by atoms with E-state index in [4.69, 9.17) is 11.6 Å². The lowest BCUT2D eigenvalue weighted by Gasteiger charge is -2.10. The molecule has 1 aromatic carbocycles. The number of hydrogen-bond donors (Lipinski definition) is 2. The molecule has 0 radical (unpaired) electrons. The largest absolute Gasteiger partial charge is 0.358 e. The van der Waals surface area contributed by atoms with Gasteiger partial charge in [0.05, 0.1) is 16.3 Å². The molecule has 3 heterocycles. The van der Waals surface area contributed by atoms with Crippen LogP contribution in [0.5, 0.6) is 0 Å². The lowest BCUT2D eigenvalue weighted by Crippen LogP contribution is -2.31. The van der Waals surface area contributed by atoms with Gasteiger partial charge in [-0.2, -0.15) is 0 Å². The normalized spacial score (nSPS) is 13.7. The van der Waals surface area contributed by atoms with Crippen LogP contribution in [0.4, 0.5) is 4.39 Å². The Hall–Kier alpha value is -2.92. The molecule has 130 valence electrons. The Labute approximate surface area is 154 Å². The van der Waals surface area contributed by atoms with Crippen LogP contribution >= 0.6 is 11.6 Å². The number of amides is 1. The number of carbonyl (C=O) groups excluding carboxylic acids is 1. The van der Waals surface area contributed by atoms with Crippen molar-refractivity contribution >= 4 is 29.7 Å². The number of rotatable bonds is 3. The molecule has 1 aliphatic heterocycles. The minimum absolute atomic E-state index is 0.0582. The van der Waals surface area contributed by atoms with Crippen molar-refractivity contribution in [3.8, 4) is 11.3 Å². The average Bonchev–Trinajstić information content (AvgIpc) is 3.07. The van der Waals surface area contributed by atoms with Gasteiger partial charge in [0.1, 0.15) is 5.82 Å². The molecule has 0 fully saturated rings. The average molecular weight is 368 g/mol. The van der Waals surface area contributed by atoms with E-state index in [-0.39, 0.29) is 11.7 Å². The molecule has 1 amide bonds. The zero-order valence-corrected chi connectivity index (χ0v) is 14.5. The summed E-state index contributed by atoms with van der Waals surface area (Å²) in [6, 6.07) is 10.2. The molecular weight excluding hydrogens is 353 g/mol. The summed E-state index contributed by atoms with van der Waals surface area (Å²) in [5, 5.41) is 3.18. The maximum Gasteiger partial charge on any atom is 0.253 e. The molecule has 0 atom stereocenters. The van der Waals surface area contributed by atoms with E-state index in [1.165, 1.54) is 6.07 Å². The highest BCUT2D eigenvalue weighted by molar-refractivity contribution is 6.32. The molecule has 1 aliphatic rings. The van der Waals surface area contributed by atoms with Gasteiger partial charge >= 0.3 is 0 Å². The molecule has 4 rings (SSSR count). The second kappa shape index (κ2) is 6.77. The molecule has 2 N–H and O–H groups in total. The number of H-pyrrole nitrogens is 1. The fourth-order valence-electron chi connectivity index (χ4n) is 2.99. The summed E-state index contributed by atoms with van der Waals surface area (Å²) in [4.78, 5) is 19.5. The first-order valence-electron chi connectivity index (χ1n) is 8.20. The van der Waals surface area contributed by atoms with Crippen molar-refractivity contribution in [1.82, 2.24) is 15.3 Å². The van der Waals surface area contributed by atoms with E-state index in [2.05, 4.69) is 15.3 Å². The SMILES string of the molecule is O=C1NCCc2[nH]c(-c3ccnc(/C=C/c4c(F)cccc4Cl)c3)cc21. The van der Waals surface area contributed by atoms with Crippen molar-refractivity contribution < 1.29 is 9.18 Å². The Kier molecular flexibility index (Phi) is 4.31. The third kappa shape index (κ3) is 3.13. The second-order valence-corrected chi connectivity index (χ2v) is 6.43. The molecule has 0 bridgehead atoms. The lowest BCUT2D eigenvalue weighted by atomic mass is 10.1. The first-order chi connectivity index (χ1) is 12.6. The summed E-state index contributed by atoms with van der Waals surface area (Å²) < 4.78 is 13.9. The number of fused-ring (bicyclic) bond motifs is 1. The van der Waals surface area contributed by atoms with E-state index >= 15 is 0 Å². The van der Waals surface area contributed by atoms with Crippen LogP contribution in [0.2, 0.25) is 5.02 Å². The zero-order chi connectivity index (χ0) is 18.1. The molecule has 0 saturated carbocycles. The summed E-state index contributed by atoms with van der Waals surface area (Å²) in [6.07, 6.45) is 5.78. The van der Waals surface area contributed by atoms with Gasteiger partial charge in [0.2, 0.25) is 0 Å². The molecule has 0 aliphatic carbocycles. The minimum atomic E-state index is -0.382. The van der Waals surface area contributed by atoms with E-state index in [1.807, 2.05) is 18.2 Å². The summed E-state index contributed by atoms with van der Waals surface area (Å²) in [5.41, 5.74) is 4.37. The molecule has 0 saturated heterocycles. The lowest BCUT2D eigenvalue weighted by molar-refractivity contribution is 0.0946. The van der Waals surface area contributed by atoms with Crippen LogP contribution in [0.15, 0.2) is 42.6 Å². The van der Waals surface area contributed by atoms with Crippen molar-refractivity contribution in [2.24, 2.45) is 0 Å². The van der Waals surface area contributed by atoms with Crippen LogP contribution in [0.3, 0.4) is 0 Å². The first-order valence-corrected chi connectivity index (χ1v) is 8.58. The van der Waals surface area contributed by atoms with E-state index in [1.54, 1.807) is 30.5 Å². The number of benzene rings is 1. The van der Waals surface area contributed by atoms with Gasteiger partial charge in [-0.05, 0) is 42.5 Å². The monoisotopic (exact) mass is 367 g/mol. The van der Waals surface area contributed by atoms with Crippen LogP contribution in [0.25, 0.3) is 23.4 Å². The van der Waals surface area contributed by atoms with Crippen molar-refractivity contribution in [3.05, 3.63) is 75.9 Å². The Morgan fingerprint density at radius 3 is 2.88 bits per heavy atom. The molecule has 0 spiro atoms. The molecule has 2 aromatic heterocycles.